The third-order valence-corrected chi connectivity index (χ3v) is 5.09. The van der Waals surface area contributed by atoms with Crippen LogP contribution in [0.3, 0.4) is 0 Å². The minimum absolute atomic E-state index is 0.314. The van der Waals surface area contributed by atoms with E-state index in [2.05, 4.69) is 37.4 Å². The van der Waals surface area contributed by atoms with E-state index in [0.29, 0.717) is 51.6 Å². The van der Waals surface area contributed by atoms with Crippen molar-refractivity contribution in [3.05, 3.63) is 65.1 Å². The molecular formula is C23H23FN4O2S. The molecule has 0 bridgehead atoms. The van der Waals surface area contributed by atoms with Gasteiger partial charge in [-0.15, -0.1) is 0 Å². The van der Waals surface area contributed by atoms with Gasteiger partial charge in [0.1, 0.15) is 17.9 Å². The van der Waals surface area contributed by atoms with Crippen molar-refractivity contribution in [2.75, 3.05) is 18.1 Å². The van der Waals surface area contributed by atoms with E-state index < -0.39 is 15.5 Å². The molecule has 0 spiro atoms. The number of rotatable bonds is 5. The topological polar surface area (TPSA) is 77.0 Å². The number of ether oxygens (including phenoxy) is 1. The summed E-state index contributed by atoms with van der Waals surface area (Å²) in [5.41, 5.74) is 3.85. The largest absolute Gasteiger partial charge is 0.497 e. The standard InChI is InChI=1S/C23H23FN4O2S/c1-6-21-19(9-7-16-11-22(15(2)25-13-16)28-31(4,5)29)23(27-14-26-21)18-10-8-17(30-3)12-20(18)24/h8,10-14H,4,6H2,1-3,5H3,(H,28,29). The highest BCUT2D eigenvalue weighted by Crippen LogP contribution is 2.28. The van der Waals surface area contributed by atoms with Crippen molar-refractivity contribution in [3.63, 3.8) is 0 Å². The lowest BCUT2D eigenvalue weighted by Crippen LogP contribution is -2.11. The average Bonchev–Trinajstić information content (AvgIpc) is 2.73. The van der Waals surface area contributed by atoms with Crippen molar-refractivity contribution in [1.29, 1.82) is 0 Å². The van der Waals surface area contributed by atoms with Crippen molar-refractivity contribution in [1.82, 2.24) is 15.0 Å². The monoisotopic (exact) mass is 438 g/mol. The number of aryl methyl sites for hydroxylation is 2. The van der Waals surface area contributed by atoms with Gasteiger partial charge in [-0.1, -0.05) is 18.8 Å². The molecule has 1 atom stereocenters. The Labute approximate surface area is 182 Å². The Bertz CT molecular complexity index is 1290. The molecule has 0 amide bonds. The van der Waals surface area contributed by atoms with E-state index in [1.165, 1.54) is 25.8 Å². The number of anilines is 1. The average molecular weight is 439 g/mol. The zero-order valence-corrected chi connectivity index (χ0v) is 18.6. The molecular weight excluding hydrogens is 415 g/mol. The van der Waals surface area contributed by atoms with Gasteiger partial charge in [-0.2, -0.15) is 0 Å². The van der Waals surface area contributed by atoms with E-state index in [1.807, 2.05) is 6.92 Å². The molecule has 0 saturated carbocycles. The normalized spacial score (nSPS) is 12.4. The first-order valence-corrected chi connectivity index (χ1v) is 11.6. The van der Waals surface area contributed by atoms with Crippen LogP contribution in [0, 0.1) is 24.6 Å². The molecule has 0 aliphatic carbocycles. The van der Waals surface area contributed by atoms with Gasteiger partial charge in [0.2, 0.25) is 0 Å². The maximum absolute atomic E-state index is 14.7. The second-order valence-corrected chi connectivity index (χ2v) is 9.17. The van der Waals surface area contributed by atoms with Crippen LogP contribution in [-0.4, -0.2) is 38.4 Å². The van der Waals surface area contributed by atoms with Crippen molar-refractivity contribution < 1.29 is 13.3 Å². The molecule has 8 heteroatoms. The second-order valence-electron chi connectivity index (χ2n) is 6.96. The summed E-state index contributed by atoms with van der Waals surface area (Å²) in [7, 11) is -0.976. The zero-order valence-electron chi connectivity index (χ0n) is 17.8. The third kappa shape index (κ3) is 5.38. The molecule has 1 aromatic carbocycles. The number of halogens is 1. The molecule has 0 saturated heterocycles. The van der Waals surface area contributed by atoms with Gasteiger partial charge in [-0.25, -0.2) is 18.6 Å². The molecule has 31 heavy (non-hydrogen) atoms. The molecule has 0 fully saturated rings. The number of pyridine rings is 1. The number of methoxy groups -OCH3 is 1. The summed E-state index contributed by atoms with van der Waals surface area (Å²) < 4.78 is 34.7. The summed E-state index contributed by atoms with van der Waals surface area (Å²) in [4.78, 5) is 12.9. The first-order chi connectivity index (χ1) is 14.7. The van der Waals surface area contributed by atoms with E-state index in [4.69, 9.17) is 4.74 Å². The summed E-state index contributed by atoms with van der Waals surface area (Å²) in [5.74, 6) is 9.70. The molecule has 1 N–H and O–H groups in total. The van der Waals surface area contributed by atoms with Crippen molar-refractivity contribution in [2.24, 2.45) is 0 Å². The Morgan fingerprint density at radius 3 is 2.65 bits per heavy atom. The molecule has 3 aromatic rings. The highest BCUT2D eigenvalue weighted by molar-refractivity contribution is 8.00. The van der Waals surface area contributed by atoms with Gasteiger partial charge >= 0.3 is 0 Å². The SMILES string of the molecule is C=S(C)(=O)Nc1cc(C#Cc2c(CC)ncnc2-c2ccc(OC)cc2F)cnc1C. The number of nitrogens with one attached hydrogen (secondary N) is 1. The van der Waals surface area contributed by atoms with E-state index in [-0.39, 0.29) is 0 Å². The Kier molecular flexibility index (Phi) is 6.56. The van der Waals surface area contributed by atoms with E-state index in [1.54, 1.807) is 31.3 Å². The van der Waals surface area contributed by atoms with E-state index >= 15 is 0 Å². The lowest BCUT2D eigenvalue weighted by molar-refractivity contribution is 0.411. The summed E-state index contributed by atoms with van der Waals surface area (Å²) in [5, 5.41) is 0. The van der Waals surface area contributed by atoms with Crippen molar-refractivity contribution in [3.8, 4) is 28.8 Å². The molecule has 1 unspecified atom stereocenters. The summed E-state index contributed by atoms with van der Waals surface area (Å²) in [6.07, 6.45) is 5.15. The quantitative estimate of drug-likeness (QED) is 0.486. The Hall–Kier alpha value is -3.44. The van der Waals surface area contributed by atoms with Crippen LogP contribution in [-0.2, 0) is 16.1 Å². The van der Waals surface area contributed by atoms with Crippen LogP contribution in [0.1, 0.15) is 29.4 Å². The third-order valence-electron chi connectivity index (χ3n) is 4.44. The lowest BCUT2D eigenvalue weighted by atomic mass is 10.0. The number of aromatic nitrogens is 3. The Morgan fingerprint density at radius 1 is 1.23 bits per heavy atom. The van der Waals surface area contributed by atoms with Gasteiger partial charge < -0.3 is 9.46 Å². The van der Waals surface area contributed by atoms with Gasteiger partial charge in [0.25, 0.3) is 0 Å². The van der Waals surface area contributed by atoms with Crippen LogP contribution in [0.5, 0.6) is 5.75 Å². The van der Waals surface area contributed by atoms with Crippen molar-refractivity contribution >= 4 is 21.3 Å². The smallest absolute Gasteiger partial charge is 0.136 e. The minimum Gasteiger partial charge on any atom is -0.497 e. The number of benzene rings is 1. The molecule has 2 aromatic heterocycles. The zero-order chi connectivity index (χ0) is 22.6. The van der Waals surface area contributed by atoms with Crippen LogP contribution in [0.2, 0.25) is 0 Å². The van der Waals surface area contributed by atoms with Gasteiger partial charge in [-0.05, 0) is 37.4 Å². The van der Waals surface area contributed by atoms with E-state index in [9.17, 15) is 8.60 Å². The fourth-order valence-corrected chi connectivity index (χ4v) is 3.58. The first kappa shape index (κ1) is 22.2. The Balaban J connectivity index is 2.10. The number of hydrogen-bond donors (Lipinski definition) is 1. The predicted molar refractivity (Wildman–Crippen MR) is 123 cm³/mol. The summed E-state index contributed by atoms with van der Waals surface area (Å²) in [6, 6.07) is 6.35. The summed E-state index contributed by atoms with van der Waals surface area (Å²) in [6.45, 7) is 3.75. The molecule has 3 rings (SSSR count). The highest BCUT2D eigenvalue weighted by atomic mass is 32.2. The van der Waals surface area contributed by atoms with E-state index in [0.717, 1.165) is 0 Å². The van der Waals surface area contributed by atoms with Gasteiger partial charge in [0.05, 0.1) is 35.4 Å². The predicted octanol–water partition coefficient (Wildman–Crippen LogP) is 3.63. The minimum atomic E-state index is -2.46. The molecule has 160 valence electrons. The van der Waals surface area contributed by atoms with Crippen LogP contribution < -0.4 is 9.46 Å². The van der Waals surface area contributed by atoms with Crippen molar-refractivity contribution in [2.45, 2.75) is 20.3 Å². The van der Waals surface area contributed by atoms with Crippen LogP contribution in [0.15, 0.2) is 36.8 Å². The molecule has 2 heterocycles. The van der Waals surface area contributed by atoms with Gasteiger partial charge in [0, 0.05) is 39.4 Å². The maximum atomic E-state index is 14.7. The number of hydrogen-bond acceptors (Lipinski definition) is 5. The van der Waals surface area contributed by atoms with Gasteiger partial charge in [-0.3, -0.25) is 4.98 Å². The van der Waals surface area contributed by atoms with Crippen LogP contribution >= 0.6 is 0 Å². The molecule has 6 nitrogen and oxygen atoms in total. The second kappa shape index (κ2) is 9.14. The number of nitrogens with zero attached hydrogens (tertiary/aromatic N) is 3. The molecule has 0 radical (unpaired) electrons. The molecule has 0 aliphatic rings. The highest BCUT2D eigenvalue weighted by Gasteiger charge is 2.15. The fourth-order valence-electron chi connectivity index (χ4n) is 2.91. The summed E-state index contributed by atoms with van der Waals surface area (Å²) >= 11 is 0. The maximum Gasteiger partial charge on any atom is 0.136 e. The van der Waals surface area contributed by atoms with Crippen LogP contribution in [0.4, 0.5) is 10.1 Å². The lowest BCUT2D eigenvalue weighted by Gasteiger charge is -2.10. The molecule has 0 aliphatic heterocycles. The first-order valence-electron chi connectivity index (χ1n) is 9.48. The van der Waals surface area contributed by atoms with Crippen LogP contribution in [0.25, 0.3) is 11.3 Å². The van der Waals surface area contributed by atoms with Gasteiger partial charge in [0.15, 0.2) is 0 Å². The fraction of sp³-hybridized carbons (Fsp3) is 0.217. The Morgan fingerprint density at radius 2 is 2.00 bits per heavy atom.